The van der Waals surface area contributed by atoms with E-state index in [1.807, 2.05) is 42.5 Å². The van der Waals surface area contributed by atoms with Crippen molar-refractivity contribution in [3.05, 3.63) is 84.0 Å². The van der Waals surface area contributed by atoms with Crippen molar-refractivity contribution >= 4 is 23.3 Å². The second-order valence-electron chi connectivity index (χ2n) is 7.44. The van der Waals surface area contributed by atoms with E-state index in [2.05, 4.69) is 21.3 Å². The number of nitrogens with one attached hydrogen (secondary N) is 1. The van der Waals surface area contributed by atoms with Gasteiger partial charge in [0.05, 0.1) is 5.71 Å². The minimum atomic E-state index is -4.81. The number of fused-ring (bicyclic) bond motifs is 3. The molecule has 0 aliphatic heterocycles. The van der Waals surface area contributed by atoms with Gasteiger partial charge in [0.15, 0.2) is 6.61 Å². The van der Waals surface area contributed by atoms with E-state index in [4.69, 9.17) is 9.57 Å². The van der Waals surface area contributed by atoms with Crippen LogP contribution in [0.4, 0.5) is 18.9 Å². The van der Waals surface area contributed by atoms with Gasteiger partial charge in [-0.25, -0.2) is 4.79 Å². The van der Waals surface area contributed by atoms with E-state index in [1.54, 1.807) is 0 Å². The van der Waals surface area contributed by atoms with Crippen LogP contribution in [-0.4, -0.2) is 37.2 Å². The number of rotatable bonds is 7. The molecule has 4 rings (SSSR count). The summed E-state index contributed by atoms with van der Waals surface area (Å²) in [7, 11) is 0. The van der Waals surface area contributed by atoms with Crippen molar-refractivity contribution in [1.82, 2.24) is 0 Å². The van der Waals surface area contributed by atoms with Crippen molar-refractivity contribution in [2.75, 3.05) is 18.5 Å². The summed E-state index contributed by atoms with van der Waals surface area (Å²) in [6.07, 6.45) is 3.23. The van der Waals surface area contributed by atoms with E-state index in [1.165, 1.54) is 12.1 Å². The zero-order valence-electron chi connectivity index (χ0n) is 17.6. The van der Waals surface area contributed by atoms with Gasteiger partial charge in [0.1, 0.15) is 5.75 Å². The van der Waals surface area contributed by atoms with Crippen LogP contribution in [0.3, 0.4) is 0 Å². The van der Waals surface area contributed by atoms with Crippen LogP contribution >= 0.6 is 0 Å². The molecule has 34 heavy (non-hydrogen) atoms. The summed E-state index contributed by atoms with van der Waals surface area (Å²) >= 11 is 0. The number of amides is 1. The molecule has 0 aromatic heterocycles. The highest BCUT2D eigenvalue weighted by molar-refractivity contribution is 6.08. The van der Waals surface area contributed by atoms with Gasteiger partial charge in [-0.1, -0.05) is 53.7 Å². The van der Waals surface area contributed by atoms with E-state index in [-0.39, 0.29) is 17.5 Å². The molecule has 0 fully saturated rings. The first-order valence-electron chi connectivity index (χ1n) is 10.3. The molecule has 10 heteroatoms. The standard InChI is InChI=1S/C24H19F3N2O5/c25-24(26,27)34-16-11-9-15(10-12-16)28-21(30)13-32-22(31)14-33-29-23-19-7-3-1-5-17(19)18-6-2-4-8-20(18)23/h1-12,17,19H,13-14H2,(H,28,30)/b29-23+. The topological polar surface area (TPSA) is 86.2 Å². The summed E-state index contributed by atoms with van der Waals surface area (Å²) in [6.45, 7) is -1.08. The molecule has 2 atom stereocenters. The Morgan fingerprint density at radius 3 is 2.38 bits per heavy atom. The third-order valence-corrected chi connectivity index (χ3v) is 5.13. The number of hydrogen-bond donors (Lipinski definition) is 1. The molecule has 0 saturated heterocycles. The molecule has 2 aliphatic carbocycles. The second-order valence-corrected chi connectivity index (χ2v) is 7.44. The number of halogens is 3. The molecular weight excluding hydrogens is 453 g/mol. The Morgan fingerprint density at radius 2 is 1.65 bits per heavy atom. The van der Waals surface area contributed by atoms with Crippen LogP contribution in [-0.2, 0) is 19.2 Å². The Balaban J connectivity index is 1.25. The predicted molar refractivity (Wildman–Crippen MR) is 116 cm³/mol. The van der Waals surface area contributed by atoms with Crippen molar-refractivity contribution in [3.8, 4) is 5.75 Å². The number of carbonyl (C=O) groups is 2. The highest BCUT2D eigenvalue weighted by Crippen LogP contribution is 2.41. The average Bonchev–Trinajstić information content (AvgIpc) is 3.12. The number of carbonyl (C=O) groups excluding carboxylic acids is 2. The first-order valence-corrected chi connectivity index (χ1v) is 10.3. The highest BCUT2D eigenvalue weighted by atomic mass is 19.4. The van der Waals surface area contributed by atoms with Gasteiger partial charge in [0.2, 0.25) is 6.61 Å². The van der Waals surface area contributed by atoms with Crippen LogP contribution in [0, 0.1) is 5.92 Å². The summed E-state index contributed by atoms with van der Waals surface area (Å²) in [5.74, 6) is -1.72. The fourth-order valence-corrected chi connectivity index (χ4v) is 3.76. The fourth-order valence-electron chi connectivity index (χ4n) is 3.76. The molecule has 0 radical (unpaired) electrons. The Kier molecular flexibility index (Phi) is 6.67. The van der Waals surface area contributed by atoms with E-state index < -0.39 is 37.2 Å². The minimum absolute atomic E-state index is 0.0112. The van der Waals surface area contributed by atoms with Crippen LogP contribution in [0.5, 0.6) is 5.75 Å². The molecule has 2 unspecified atom stereocenters. The van der Waals surface area contributed by atoms with Crippen molar-refractivity contribution in [1.29, 1.82) is 0 Å². The monoisotopic (exact) mass is 472 g/mol. The Morgan fingerprint density at radius 1 is 0.941 bits per heavy atom. The maximum absolute atomic E-state index is 12.2. The van der Waals surface area contributed by atoms with Gasteiger partial charge in [0.25, 0.3) is 5.91 Å². The van der Waals surface area contributed by atoms with E-state index in [9.17, 15) is 22.8 Å². The number of allylic oxidation sites excluding steroid dienone is 4. The Bertz CT molecular complexity index is 1160. The first kappa shape index (κ1) is 23.1. The number of nitrogens with zero attached hydrogens (tertiary/aromatic N) is 1. The maximum Gasteiger partial charge on any atom is 0.573 e. The zero-order valence-corrected chi connectivity index (χ0v) is 17.6. The van der Waals surface area contributed by atoms with Gasteiger partial charge in [-0.15, -0.1) is 13.2 Å². The van der Waals surface area contributed by atoms with Crippen molar-refractivity contribution < 1.29 is 37.1 Å². The maximum atomic E-state index is 12.2. The third kappa shape index (κ3) is 5.64. The fraction of sp³-hybridized carbons (Fsp3) is 0.208. The predicted octanol–water partition coefficient (Wildman–Crippen LogP) is 4.33. The lowest BCUT2D eigenvalue weighted by Gasteiger charge is -2.15. The molecule has 0 heterocycles. The van der Waals surface area contributed by atoms with Crippen molar-refractivity contribution in [2.45, 2.75) is 12.3 Å². The van der Waals surface area contributed by atoms with Crippen LogP contribution in [0.15, 0.2) is 78.0 Å². The summed E-state index contributed by atoms with van der Waals surface area (Å²) in [4.78, 5) is 29.1. The quantitative estimate of drug-likeness (QED) is 0.479. The lowest BCUT2D eigenvalue weighted by molar-refractivity contribution is -0.274. The highest BCUT2D eigenvalue weighted by Gasteiger charge is 2.36. The third-order valence-electron chi connectivity index (χ3n) is 5.13. The Labute approximate surface area is 192 Å². The van der Waals surface area contributed by atoms with E-state index in [0.29, 0.717) is 5.71 Å². The number of hydrogen-bond acceptors (Lipinski definition) is 6. The minimum Gasteiger partial charge on any atom is -0.453 e. The molecule has 0 bridgehead atoms. The number of ether oxygens (including phenoxy) is 2. The lowest BCUT2D eigenvalue weighted by atomic mass is 9.88. The van der Waals surface area contributed by atoms with Gasteiger partial charge < -0.3 is 19.6 Å². The van der Waals surface area contributed by atoms with Crippen LogP contribution in [0.1, 0.15) is 17.0 Å². The van der Waals surface area contributed by atoms with Crippen LogP contribution < -0.4 is 10.1 Å². The summed E-state index contributed by atoms with van der Waals surface area (Å²) in [5.41, 5.74) is 3.01. The Hall–Kier alpha value is -4.08. The lowest BCUT2D eigenvalue weighted by Crippen LogP contribution is -2.23. The molecule has 1 N–H and O–H groups in total. The van der Waals surface area contributed by atoms with Gasteiger partial charge in [-0.3, -0.25) is 4.79 Å². The number of alkyl halides is 3. The van der Waals surface area contributed by atoms with Gasteiger partial charge in [-0.05, 0) is 29.8 Å². The average molecular weight is 472 g/mol. The number of benzene rings is 2. The largest absolute Gasteiger partial charge is 0.573 e. The molecule has 7 nitrogen and oxygen atoms in total. The molecule has 176 valence electrons. The summed E-state index contributed by atoms with van der Waals surface area (Å²) in [5, 5.41) is 6.55. The number of oxime groups is 1. The van der Waals surface area contributed by atoms with Crippen LogP contribution in [0.25, 0.3) is 0 Å². The number of anilines is 1. The van der Waals surface area contributed by atoms with Crippen molar-refractivity contribution in [2.24, 2.45) is 11.1 Å². The van der Waals surface area contributed by atoms with Gasteiger partial charge >= 0.3 is 12.3 Å². The molecular formula is C24H19F3N2O5. The van der Waals surface area contributed by atoms with Crippen LogP contribution in [0.2, 0.25) is 0 Å². The first-order chi connectivity index (χ1) is 16.3. The SMILES string of the molecule is O=C(COC(=O)CO/N=C1/c2ccccc2C2C=CC=CC12)Nc1ccc(OC(F)(F)F)cc1. The molecule has 1 amide bonds. The molecule has 2 aromatic carbocycles. The van der Waals surface area contributed by atoms with Gasteiger partial charge in [0, 0.05) is 23.1 Å². The molecule has 2 aromatic rings. The van der Waals surface area contributed by atoms with Gasteiger partial charge in [-0.2, -0.15) is 0 Å². The number of esters is 1. The molecule has 2 aliphatic rings. The second kappa shape index (κ2) is 9.82. The van der Waals surface area contributed by atoms with Crippen molar-refractivity contribution in [3.63, 3.8) is 0 Å². The molecule has 0 saturated carbocycles. The smallest absolute Gasteiger partial charge is 0.453 e. The van der Waals surface area contributed by atoms with E-state index in [0.717, 1.165) is 23.3 Å². The zero-order chi connectivity index (χ0) is 24.1. The summed E-state index contributed by atoms with van der Waals surface area (Å²) < 4.78 is 45.2. The normalized spacial score (nSPS) is 19.3. The summed E-state index contributed by atoms with van der Waals surface area (Å²) in [6, 6.07) is 12.4. The molecule has 0 spiro atoms. The van der Waals surface area contributed by atoms with E-state index >= 15 is 0 Å².